The number of azo groups is 1. The van der Waals surface area contributed by atoms with Gasteiger partial charge in [0.1, 0.15) is 11.6 Å². The van der Waals surface area contributed by atoms with Crippen LogP contribution in [-0.4, -0.2) is 28.2 Å². The van der Waals surface area contributed by atoms with Gasteiger partial charge in [0.05, 0.1) is 5.52 Å². The molecule has 2 rings (SSSR count). The molecule has 0 amide bonds. The molecule has 0 bridgehead atoms. The van der Waals surface area contributed by atoms with Gasteiger partial charge in [-0.25, -0.2) is 12.2 Å². The quantitative estimate of drug-likeness (QED) is 0.158. The van der Waals surface area contributed by atoms with Crippen LogP contribution >= 0.6 is 12.2 Å². The second kappa shape index (κ2) is 11.7. The van der Waals surface area contributed by atoms with Gasteiger partial charge in [-0.05, 0) is 43.4 Å². The molecule has 2 aromatic rings. The van der Waals surface area contributed by atoms with E-state index in [0.29, 0.717) is 17.9 Å². The van der Waals surface area contributed by atoms with Crippen LogP contribution in [0.1, 0.15) is 6.92 Å². The van der Waals surface area contributed by atoms with E-state index in [2.05, 4.69) is 25.6 Å². The number of alkyl halides is 3. The van der Waals surface area contributed by atoms with Crippen molar-refractivity contribution >= 4 is 33.9 Å². The molecule has 1 aromatic heterocycles. The van der Waals surface area contributed by atoms with Crippen LogP contribution in [0, 0.1) is 14.0 Å². The Morgan fingerprint density at radius 3 is 2.59 bits per heavy atom. The number of benzene rings is 1. The molecule has 0 atom stereocenters. The first kappa shape index (κ1) is 27.7. The molecule has 0 aliphatic rings. The summed E-state index contributed by atoms with van der Waals surface area (Å²) in [5, 5.41) is 24.1. The van der Waals surface area contributed by atoms with E-state index >= 15 is 0 Å². The van der Waals surface area contributed by atoms with Crippen LogP contribution in [0.4, 0.5) is 18.9 Å². The summed E-state index contributed by atoms with van der Waals surface area (Å²) in [6.07, 6.45) is 1.41. The standard InChI is InChI=1S/C19H19F3N5O2S.CH3.Lr/c1-4-6-7-8-15(23-3)24-18(30)26-25-16-13-11-12(29-19(20,21)22)9-10-14(13)27(5-2)17(16)28;;/h1,4,6-11,23,28H,5H2,2-3H3,(H,24,30);1H3;/q2*-1;/b7-6-,15-8+,26-25?;;. The Hall–Kier alpha value is -4.34. The predicted octanol–water partition coefficient (Wildman–Crippen LogP) is 5.28. The summed E-state index contributed by atoms with van der Waals surface area (Å²) in [5.74, 6) is -0.198. The molecule has 32 heavy (non-hydrogen) atoms. The Kier molecular flexibility index (Phi) is 10.2. The molecule has 183 valence electrons. The van der Waals surface area contributed by atoms with E-state index in [9.17, 15) is 18.3 Å². The zero-order valence-electron chi connectivity index (χ0n) is 17.3. The number of hydrogen-bond acceptors (Lipinski definition) is 5. The SMILES string of the molecule is [CH-]=C/C=C\C=C(/NC)NC(=S)N=Nc1c(O)n(CC)c2ccc(OC(F)(F)F)cc12.[CH3-].[Lr]. The van der Waals surface area contributed by atoms with Gasteiger partial charge in [0, 0.05) is 19.0 Å². The Bertz CT molecular complexity index is 1030. The van der Waals surface area contributed by atoms with Crippen molar-refractivity contribution < 1.29 is 23.0 Å². The minimum atomic E-state index is -4.85. The number of nitrogens with one attached hydrogen (secondary N) is 2. The topological polar surface area (TPSA) is 83.2 Å². The summed E-state index contributed by atoms with van der Waals surface area (Å²) in [7, 11) is 1.65. The van der Waals surface area contributed by atoms with Crippen molar-refractivity contribution in [3.05, 3.63) is 62.3 Å². The fourth-order valence-electron chi connectivity index (χ4n) is 2.56. The first-order chi connectivity index (χ1) is 14.2. The predicted molar refractivity (Wildman–Crippen MR) is 118 cm³/mol. The third kappa shape index (κ3) is 6.87. The Balaban J connectivity index is 0.00000480. The number of aromatic hydroxyl groups is 1. The van der Waals surface area contributed by atoms with E-state index in [-0.39, 0.29) is 29.5 Å². The minimum Gasteiger partial charge on any atom is -0.493 e. The summed E-state index contributed by atoms with van der Waals surface area (Å²) in [6, 6.07) is 3.69. The van der Waals surface area contributed by atoms with Crippen LogP contribution in [0.3, 0.4) is 0 Å². The van der Waals surface area contributed by atoms with Crippen molar-refractivity contribution in [3.63, 3.8) is 0 Å². The van der Waals surface area contributed by atoms with Gasteiger partial charge in [-0.15, -0.1) is 29.5 Å². The number of allylic oxidation sites excluding steroid dienone is 4. The molecule has 1 aromatic carbocycles. The van der Waals surface area contributed by atoms with Gasteiger partial charge in [0.2, 0.25) is 11.0 Å². The number of fused-ring (bicyclic) bond motifs is 1. The van der Waals surface area contributed by atoms with Gasteiger partial charge < -0.3 is 32.5 Å². The van der Waals surface area contributed by atoms with Crippen LogP contribution < -0.4 is 15.4 Å². The van der Waals surface area contributed by atoms with Crippen molar-refractivity contribution in [2.45, 2.75) is 19.8 Å². The molecule has 0 spiro atoms. The van der Waals surface area contributed by atoms with Gasteiger partial charge in [-0.3, -0.25) is 6.58 Å². The molecular formula is C20H22F3LrN5O2S-2. The van der Waals surface area contributed by atoms with Gasteiger partial charge in [0.15, 0.2) is 5.69 Å². The number of nitrogens with zero attached hydrogens (tertiary/aromatic N) is 3. The number of thiocarbonyl (C=S) groups is 1. The van der Waals surface area contributed by atoms with Crippen molar-refractivity contribution in [2.24, 2.45) is 10.2 Å². The molecule has 0 unspecified atom stereocenters. The van der Waals surface area contributed by atoms with Crippen LogP contribution in [0.25, 0.3) is 10.9 Å². The second-order valence-electron chi connectivity index (χ2n) is 5.68. The maximum absolute atomic E-state index is 12.5. The first-order valence-corrected chi connectivity index (χ1v) is 9.04. The average Bonchev–Trinajstić information content (AvgIpc) is 2.94. The zero-order chi connectivity index (χ0) is 22.3. The Morgan fingerprint density at radius 1 is 1.34 bits per heavy atom. The number of rotatable bonds is 7. The molecular weight excluding hydrogens is 693 g/mol. The van der Waals surface area contributed by atoms with Gasteiger partial charge in [-0.2, -0.15) is 0 Å². The van der Waals surface area contributed by atoms with E-state index in [1.165, 1.54) is 16.7 Å². The Labute approximate surface area is 183 Å². The van der Waals surface area contributed by atoms with Crippen LogP contribution in [0.2, 0.25) is 0 Å². The maximum atomic E-state index is 12.5. The van der Waals surface area contributed by atoms with Crippen molar-refractivity contribution in [1.82, 2.24) is 15.2 Å². The van der Waals surface area contributed by atoms with Crippen LogP contribution in [-0.2, 0) is 6.54 Å². The Morgan fingerprint density at radius 2 is 2.03 bits per heavy atom. The molecule has 0 saturated heterocycles. The fraction of sp³-hybridized carbons (Fsp3) is 0.200. The monoisotopic (exact) mass is 715 g/mol. The molecule has 7 nitrogen and oxygen atoms in total. The molecule has 0 fully saturated rings. The minimum absolute atomic E-state index is 0. The van der Waals surface area contributed by atoms with E-state index in [1.807, 2.05) is 0 Å². The number of aryl methyl sites for hydroxylation is 1. The third-order valence-electron chi connectivity index (χ3n) is 3.77. The summed E-state index contributed by atoms with van der Waals surface area (Å²) < 4.78 is 43.1. The normalized spacial score (nSPS) is 11.8. The van der Waals surface area contributed by atoms with E-state index < -0.39 is 12.1 Å². The summed E-state index contributed by atoms with van der Waals surface area (Å²) >= 11 is 5.10. The van der Waals surface area contributed by atoms with Gasteiger partial charge >= 0.3 is 6.36 Å². The summed E-state index contributed by atoms with van der Waals surface area (Å²) in [5.41, 5.74) is 0.438. The van der Waals surface area contributed by atoms with Crippen LogP contribution in [0.15, 0.2) is 58.6 Å². The fourth-order valence-corrected chi connectivity index (χ4v) is 2.71. The van der Waals surface area contributed by atoms with E-state index in [4.69, 9.17) is 18.8 Å². The molecule has 3 N–H and O–H groups in total. The summed E-state index contributed by atoms with van der Waals surface area (Å²) in [4.78, 5) is 0. The first-order valence-electron chi connectivity index (χ1n) is 8.63. The van der Waals surface area contributed by atoms with Gasteiger partial charge in [-0.1, -0.05) is 0 Å². The van der Waals surface area contributed by atoms with Crippen molar-refractivity contribution in [1.29, 1.82) is 0 Å². The smallest absolute Gasteiger partial charge is 0.493 e. The van der Waals surface area contributed by atoms with Crippen molar-refractivity contribution in [2.75, 3.05) is 7.05 Å². The molecule has 1 heterocycles. The van der Waals surface area contributed by atoms with Crippen molar-refractivity contribution in [3.8, 4) is 11.6 Å². The number of hydrogen-bond donors (Lipinski definition) is 3. The molecule has 0 aliphatic carbocycles. The molecule has 12 heteroatoms. The third-order valence-corrected chi connectivity index (χ3v) is 3.95. The van der Waals surface area contributed by atoms with E-state index in [1.54, 1.807) is 32.2 Å². The van der Waals surface area contributed by atoms with Gasteiger partial charge in [0.25, 0.3) is 0 Å². The molecule has 0 saturated carbocycles. The van der Waals surface area contributed by atoms with E-state index in [0.717, 1.165) is 12.1 Å². The zero-order valence-corrected chi connectivity index (χ0v) is 20.3. The summed E-state index contributed by atoms with van der Waals surface area (Å²) in [6.45, 7) is 7.37. The molecule has 1 radical (unpaired) electrons. The number of aromatic nitrogens is 1. The van der Waals surface area contributed by atoms with Crippen LogP contribution in [0.5, 0.6) is 11.6 Å². The average molecular weight is 715 g/mol. The number of ether oxygens (including phenoxy) is 1. The largest absolute Gasteiger partial charge is 0.573 e. The molecule has 0 aliphatic heterocycles. The maximum Gasteiger partial charge on any atom is 0.573 e. The number of halogens is 3. The second-order valence-corrected chi connectivity index (χ2v) is 6.07.